The van der Waals surface area contributed by atoms with E-state index >= 15 is 0 Å². The fraction of sp³-hybridized carbons (Fsp3) is 0.917. The molecule has 14 heavy (non-hydrogen) atoms. The quantitative estimate of drug-likeness (QED) is 0.606. The van der Waals surface area contributed by atoms with Crippen molar-refractivity contribution in [3.63, 3.8) is 0 Å². The molecule has 0 aromatic rings. The van der Waals surface area contributed by atoms with E-state index in [1.807, 2.05) is 6.92 Å². The molecule has 0 radical (unpaired) electrons. The van der Waals surface area contributed by atoms with Gasteiger partial charge in [0.2, 0.25) is 0 Å². The largest absolute Gasteiger partial charge is 0.481 e. The van der Waals surface area contributed by atoms with E-state index < -0.39 is 5.97 Å². The highest BCUT2D eigenvalue weighted by atomic mass is 16.4. The fourth-order valence-electron chi connectivity index (χ4n) is 1.65. The molecule has 0 saturated heterocycles. The molecular formula is C12H24O2. The first-order valence-corrected chi connectivity index (χ1v) is 5.79. The molecule has 84 valence electrons. The van der Waals surface area contributed by atoms with Gasteiger partial charge in [0, 0.05) is 6.42 Å². The van der Waals surface area contributed by atoms with E-state index in [0.717, 1.165) is 0 Å². The molecule has 2 atom stereocenters. The van der Waals surface area contributed by atoms with Crippen LogP contribution in [0.5, 0.6) is 0 Å². The van der Waals surface area contributed by atoms with E-state index in [9.17, 15) is 4.79 Å². The lowest BCUT2D eigenvalue weighted by Crippen LogP contribution is -2.12. The Hall–Kier alpha value is -0.530. The van der Waals surface area contributed by atoms with Gasteiger partial charge in [-0.3, -0.25) is 4.79 Å². The van der Waals surface area contributed by atoms with Crippen molar-refractivity contribution in [2.75, 3.05) is 0 Å². The smallest absolute Gasteiger partial charge is 0.303 e. The average molecular weight is 200 g/mol. The van der Waals surface area contributed by atoms with Gasteiger partial charge in [-0.25, -0.2) is 0 Å². The van der Waals surface area contributed by atoms with Crippen molar-refractivity contribution in [2.45, 2.75) is 59.3 Å². The standard InChI is InChI=1S/C12H24O2/c1-4-5-6-7-8-10(2)11(3)9-12(13)14/h10-11H,4-9H2,1-3H3,(H,13,14). The van der Waals surface area contributed by atoms with E-state index in [2.05, 4.69) is 13.8 Å². The average Bonchev–Trinajstić information content (AvgIpc) is 2.11. The van der Waals surface area contributed by atoms with E-state index in [-0.39, 0.29) is 0 Å². The minimum absolute atomic E-state index is 0.314. The maximum atomic E-state index is 10.5. The first-order chi connectivity index (χ1) is 6.57. The van der Waals surface area contributed by atoms with Crippen molar-refractivity contribution in [3.8, 4) is 0 Å². The highest BCUT2D eigenvalue weighted by molar-refractivity contribution is 5.66. The number of rotatable bonds is 8. The number of carbonyl (C=O) groups is 1. The number of hydrogen-bond donors (Lipinski definition) is 1. The van der Waals surface area contributed by atoms with Crippen LogP contribution in [-0.4, -0.2) is 11.1 Å². The predicted molar refractivity (Wildman–Crippen MR) is 59.3 cm³/mol. The van der Waals surface area contributed by atoms with Crippen LogP contribution in [0, 0.1) is 11.8 Å². The van der Waals surface area contributed by atoms with Crippen molar-refractivity contribution in [1.29, 1.82) is 0 Å². The molecule has 0 aliphatic heterocycles. The van der Waals surface area contributed by atoms with Gasteiger partial charge in [0.25, 0.3) is 0 Å². The first kappa shape index (κ1) is 13.5. The molecule has 0 fully saturated rings. The second-order valence-electron chi connectivity index (χ2n) is 4.40. The molecule has 0 aliphatic rings. The summed E-state index contributed by atoms with van der Waals surface area (Å²) < 4.78 is 0. The molecule has 0 aromatic carbocycles. The third kappa shape index (κ3) is 6.93. The van der Waals surface area contributed by atoms with E-state index in [1.165, 1.54) is 32.1 Å². The monoisotopic (exact) mass is 200 g/mol. The minimum atomic E-state index is -0.669. The Labute approximate surface area is 87.7 Å². The molecule has 0 saturated carbocycles. The summed E-state index contributed by atoms with van der Waals surface area (Å²) in [5, 5.41) is 8.64. The summed E-state index contributed by atoms with van der Waals surface area (Å²) in [6, 6.07) is 0. The molecule has 2 unspecified atom stereocenters. The van der Waals surface area contributed by atoms with Gasteiger partial charge in [-0.15, -0.1) is 0 Å². The molecule has 0 amide bonds. The molecule has 2 heteroatoms. The van der Waals surface area contributed by atoms with Crippen LogP contribution in [0.1, 0.15) is 59.3 Å². The highest BCUT2D eigenvalue weighted by Gasteiger charge is 2.14. The van der Waals surface area contributed by atoms with Crippen LogP contribution in [0.4, 0.5) is 0 Å². The van der Waals surface area contributed by atoms with Crippen LogP contribution >= 0.6 is 0 Å². The van der Waals surface area contributed by atoms with E-state index in [4.69, 9.17) is 5.11 Å². The van der Waals surface area contributed by atoms with Crippen LogP contribution < -0.4 is 0 Å². The summed E-state index contributed by atoms with van der Waals surface area (Å²) in [5.74, 6) is 0.190. The molecular weight excluding hydrogens is 176 g/mol. The molecule has 1 N–H and O–H groups in total. The molecule has 0 aromatic heterocycles. The number of hydrogen-bond acceptors (Lipinski definition) is 1. The minimum Gasteiger partial charge on any atom is -0.481 e. The zero-order valence-electron chi connectivity index (χ0n) is 9.75. The van der Waals surface area contributed by atoms with Gasteiger partial charge in [-0.05, 0) is 11.8 Å². The number of aliphatic carboxylic acids is 1. The summed E-state index contributed by atoms with van der Waals surface area (Å²) in [7, 11) is 0. The normalized spacial score (nSPS) is 15.1. The van der Waals surface area contributed by atoms with Gasteiger partial charge < -0.3 is 5.11 Å². The Kier molecular flexibility index (Phi) is 7.54. The third-order valence-corrected chi connectivity index (χ3v) is 2.98. The van der Waals surface area contributed by atoms with Crippen LogP contribution in [0.3, 0.4) is 0 Å². The van der Waals surface area contributed by atoms with Crippen molar-refractivity contribution in [2.24, 2.45) is 11.8 Å². The van der Waals surface area contributed by atoms with E-state index in [0.29, 0.717) is 18.3 Å². The van der Waals surface area contributed by atoms with Gasteiger partial charge in [0.1, 0.15) is 0 Å². The number of carboxylic acids is 1. The summed E-state index contributed by atoms with van der Waals surface area (Å²) in [6.45, 7) is 6.41. The summed E-state index contributed by atoms with van der Waals surface area (Å²) in [5.41, 5.74) is 0. The SMILES string of the molecule is CCCCCCC(C)C(C)CC(=O)O. The Bertz CT molecular complexity index is 154. The second kappa shape index (κ2) is 7.84. The first-order valence-electron chi connectivity index (χ1n) is 5.79. The zero-order chi connectivity index (χ0) is 11.0. The molecule has 0 spiro atoms. The van der Waals surface area contributed by atoms with Crippen molar-refractivity contribution in [3.05, 3.63) is 0 Å². The Morgan fingerprint density at radius 3 is 2.29 bits per heavy atom. The fourth-order valence-corrected chi connectivity index (χ4v) is 1.65. The summed E-state index contributed by atoms with van der Waals surface area (Å²) in [4.78, 5) is 10.5. The lowest BCUT2D eigenvalue weighted by atomic mass is 9.88. The van der Waals surface area contributed by atoms with Crippen molar-refractivity contribution in [1.82, 2.24) is 0 Å². The highest BCUT2D eigenvalue weighted by Crippen LogP contribution is 2.21. The van der Waals surface area contributed by atoms with Crippen LogP contribution in [0.15, 0.2) is 0 Å². The zero-order valence-corrected chi connectivity index (χ0v) is 9.75. The van der Waals surface area contributed by atoms with Gasteiger partial charge in [-0.2, -0.15) is 0 Å². The molecule has 0 heterocycles. The van der Waals surface area contributed by atoms with Crippen LogP contribution in [0.25, 0.3) is 0 Å². The Balaban J connectivity index is 3.51. The summed E-state index contributed by atoms with van der Waals surface area (Å²) in [6.07, 6.45) is 6.60. The summed E-state index contributed by atoms with van der Waals surface area (Å²) >= 11 is 0. The van der Waals surface area contributed by atoms with Crippen LogP contribution in [0.2, 0.25) is 0 Å². The Morgan fingerprint density at radius 1 is 1.14 bits per heavy atom. The van der Waals surface area contributed by atoms with Gasteiger partial charge in [0.15, 0.2) is 0 Å². The molecule has 0 aliphatic carbocycles. The van der Waals surface area contributed by atoms with Crippen molar-refractivity contribution >= 4 is 5.97 Å². The van der Waals surface area contributed by atoms with Crippen LogP contribution in [-0.2, 0) is 4.79 Å². The third-order valence-electron chi connectivity index (χ3n) is 2.98. The number of carboxylic acid groups (broad SMARTS) is 1. The topological polar surface area (TPSA) is 37.3 Å². The van der Waals surface area contributed by atoms with Gasteiger partial charge in [0.05, 0.1) is 0 Å². The predicted octanol–water partition coefficient (Wildman–Crippen LogP) is 3.70. The second-order valence-corrected chi connectivity index (χ2v) is 4.40. The Morgan fingerprint density at radius 2 is 1.79 bits per heavy atom. The lowest BCUT2D eigenvalue weighted by Gasteiger charge is -2.17. The lowest BCUT2D eigenvalue weighted by molar-refractivity contribution is -0.138. The molecule has 2 nitrogen and oxygen atoms in total. The maximum absolute atomic E-state index is 10.5. The van der Waals surface area contributed by atoms with E-state index in [1.54, 1.807) is 0 Å². The molecule has 0 bridgehead atoms. The molecule has 0 rings (SSSR count). The number of unbranched alkanes of at least 4 members (excludes halogenated alkanes) is 3. The van der Waals surface area contributed by atoms with Gasteiger partial charge >= 0.3 is 5.97 Å². The van der Waals surface area contributed by atoms with Crippen molar-refractivity contribution < 1.29 is 9.90 Å². The van der Waals surface area contributed by atoms with Gasteiger partial charge in [-0.1, -0.05) is 52.9 Å². The maximum Gasteiger partial charge on any atom is 0.303 e.